The Hall–Kier alpha value is -8.82. The van der Waals surface area contributed by atoms with Crippen LogP contribution in [-0.4, -0.2) is 131 Å². The van der Waals surface area contributed by atoms with Crippen molar-refractivity contribution in [3.05, 3.63) is 136 Å². The zero-order valence-corrected chi connectivity index (χ0v) is 56.3. The molecule has 518 valence electrons. The standard InChI is InChI=1S/C69H85BrFN7O17S/c1-69(2,3)49-22-18-43(19-23-49)65(90)73-31-10-8-13-44(64(72)89)34-52(79)15-5-4-9-30-74-66(91)45(20-28-61(83)84)37-59(81)57(36-48-40-75-56-17-7-6-16-55(48)56)77-68(93)47(32-42-12-11-14-51(71)33-42)35-53(80)41-76-67(92)46(21-29-62(85)86)38-60(82)58(39-63(87)88)78-96(94,95)54-26-24-50(70)25-27-54/h6-7,11-12,14,16-19,22-27,33,40,44-47,57-58,75,78H,4-5,8-10,13,15,20-21,28-32,34-39,41H2,1-3H3,(H2,72,89)(H,73,90)(H,74,91)(H,76,92)(H,77,93)(H,83,84)(H,85,86)(H,87,88)/t44-,45-,46-,47-,57+,58-/m1/s1. The molecule has 0 radical (unpaired) electrons. The number of benzene rings is 4. The van der Waals surface area contributed by atoms with Crippen LogP contribution in [0.15, 0.2) is 113 Å². The lowest BCUT2D eigenvalue weighted by Crippen LogP contribution is -2.47. The van der Waals surface area contributed by atoms with E-state index in [2.05, 4.69) is 63.0 Å². The van der Waals surface area contributed by atoms with E-state index in [0.717, 1.165) is 17.7 Å². The second-order valence-corrected chi connectivity index (χ2v) is 27.6. The number of para-hydroxylation sites is 1. The molecular weight excluding hydrogens is 1330 g/mol. The molecule has 1 heterocycles. The first-order valence-corrected chi connectivity index (χ1v) is 34.0. The topological polar surface area (TPSA) is 402 Å². The molecule has 1 aromatic heterocycles. The van der Waals surface area contributed by atoms with Crippen molar-refractivity contribution in [2.45, 2.75) is 159 Å². The molecule has 24 nitrogen and oxygen atoms in total. The van der Waals surface area contributed by atoms with Gasteiger partial charge in [0.25, 0.3) is 5.91 Å². The number of ketones is 4. The number of hydrogen-bond donors (Lipinski definition) is 10. The number of amides is 5. The zero-order valence-electron chi connectivity index (χ0n) is 53.9. The number of H-pyrrole nitrogens is 1. The van der Waals surface area contributed by atoms with Gasteiger partial charge in [-0.3, -0.25) is 57.5 Å². The van der Waals surface area contributed by atoms with Crippen LogP contribution in [0.5, 0.6) is 0 Å². The van der Waals surface area contributed by atoms with E-state index in [9.17, 15) is 85.7 Å². The quantitative estimate of drug-likeness (QED) is 0.0170. The van der Waals surface area contributed by atoms with E-state index in [4.69, 9.17) is 5.73 Å². The van der Waals surface area contributed by atoms with Crippen LogP contribution in [-0.2, 0) is 81.0 Å². The second kappa shape index (κ2) is 38.1. The van der Waals surface area contributed by atoms with Gasteiger partial charge in [0, 0.05) is 115 Å². The summed E-state index contributed by atoms with van der Waals surface area (Å²) in [6.45, 7) is 5.90. The van der Waals surface area contributed by atoms with Crippen LogP contribution in [0.1, 0.15) is 151 Å². The molecule has 5 amide bonds. The number of carboxylic acids is 3. The van der Waals surface area contributed by atoms with Gasteiger partial charge in [-0.05, 0) is 122 Å². The Morgan fingerprint density at radius 3 is 1.80 bits per heavy atom. The highest BCUT2D eigenvalue weighted by atomic mass is 79.9. The average molecular weight is 1420 g/mol. The maximum atomic E-state index is 14.7. The van der Waals surface area contributed by atoms with Crippen molar-refractivity contribution < 1.29 is 85.7 Å². The number of aromatic nitrogens is 1. The molecule has 0 fully saturated rings. The molecule has 0 saturated heterocycles. The number of carbonyl (C=O) groups is 12. The molecular formula is C69H85BrFN7O17S. The van der Waals surface area contributed by atoms with Crippen molar-refractivity contribution in [2.24, 2.45) is 29.4 Å². The minimum absolute atomic E-state index is 0.0501. The number of nitrogens with one attached hydrogen (secondary N) is 6. The van der Waals surface area contributed by atoms with Crippen LogP contribution in [0.4, 0.5) is 4.39 Å². The summed E-state index contributed by atoms with van der Waals surface area (Å²) in [7, 11) is -4.51. The van der Waals surface area contributed by atoms with Gasteiger partial charge < -0.3 is 47.3 Å². The van der Waals surface area contributed by atoms with Gasteiger partial charge in [-0.25, -0.2) is 17.5 Å². The molecule has 6 atom stereocenters. The third-order valence-electron chi connectivity index (χ3n) is 16.3. The van der Waals surface area contributed by atoms with Gasteiger partial charge >= 0.3 is 17.9 Å². The van der Waals surface area contributed by atoms with Crippen LogP contribution in [0.2, 0.25) is 0 Å². The fourth-order valence-electron chi connectivity index (χ4n) is 10.9. The molecule has 5 aromatic rings. The molecule has 0 aliphatic rings. The first kappa shape index (κ1) is 77.9. The maximum absolute atomic E-state index is 14.7. The first-order chi connectivity index (χ1) is 45.4. The van der Waals surface area contributed by atoms with E-state index in [1.54, 1.807) is 42.6 Å². The summed E-state index contributed by atoms with van der Waals surface area (Å²) in [4.78, 5) is 161. The predicted molar refractivity (Wildman–Crippen MR) is 356 cm³/mol. The van der Waals surface area contributed by atoms with Crippen LogP contribution < -0.4 is 31.7 Å². The summed E-state index contributed by atoms with van der Waals surface area (Å²) in [5.74, 6) is -15.8. The number of fused-ring (bicyclic) bond motifs is 1. The molecule has 5 rings (SSSR count). The van der Waals surface area contributed by atoms with Gasteiger partial charge in [0.15, 0.2) is 17.3 Å². The number of halogens is 2. The molecule has 0 aliphatic heterocycles. The molecule has 0 unspecified atom stereocenters. The molecule has 0 saturated carbocycles. The van der Waals surface area contributed by atoms with Crippen molar-refractivity contribution in [3.63, 3.8) is 0 Å². The lowest BCUT2D eigenvalue weighted by molar-refractivity contribution is -0.140. The number of aromatic amines is 1. The van der Waals surface area contributed by atoms with Crippen LogP contribution in [0.3, 0.4) is 0 Å². The number of carboxylic acid groups (broad SMARTS) is 3. The number of rotatable bonds is 44. The molecule has 4 aromatic carbocycles. The van der Waals surface area contributed by atoms with Crippen molar-refractivity contribution in [2.75, 3.05) is 19.6 Å². The highest BCUT2D eigenvalue weighted by Gasteiger charge is 2.35. The summed E-state index contributed by atoms with van der Waals surface area (Å²) in [5.41, 5.74) is 8.73. The third-order valence-corrected chi connectivity index (χ3v) is 18.3. The van der Waals surface area contributed by atoms with Crippen LogP contribution in [0.25, 0.3) is 10.9 Å². The lowest BCUT2D eigenvalue weighted by atomic mass is 9.87. The minimum Gasteiger partial charge on any atom is -0.481 e. The van der Waals surface area contributed by atoms with E-state index in [0.29, 0.717) is 71.6 Å². The number of unbranched alkanes of at least 4 members (excludes halogenated alkanes) is 3. The van der Waals surface area contributed by atoms with Gasteiger partial charge in [0.2, 0.25) is 33.7 Å². The van der Waals surface area contributed by atoms with E-state index in [-0.39, 0.29) is 66.2 Å². The number of Topliss-reactive ketones (excluding diaryl/α,β-unsaturated/α-hetero) is 4. The lowest BCUT2D eigenvalue weighted by Gasteiger charge is -2.24. The highest BCUT2D eigenvalue weighted by molar-refractivity contribution is 9.10. The predicted octanol–water partition coefficient (Wildman–Crippen LogP) is 7.37. The Morgan fingerprint density at radius 1 is 0.583 bits per heavy atom. The van der Waals surface area contributed by atoms with Crippen molar-refractivity contribution in [1.29, 1.82) is 0 Å². The fraction of sp³-hybridized carbons (Fsp3) is 0.449. The van der Waals surface area contributed by atoms with E-state index < -0.39 is 162 Å². The second-order valence-electron chi connectivity index (χ2n) is 25.0. The summed E-state index contributed by atoms with van der Waals surface area (Å²) in [6, 6.07) is 21.4. The summed E-state index contributed by atoms with van der Waals surface area (Å²) < 4.78 is 43.7. The Balaban J connectivity index is 1.22. The average Bonchev–Trinajstić information content (AvgIpc) is 1.56. The Morgan fingerprint density at radius 2 is 1.19 bits per heavy atom. The number of carbonyl (C=O) groups excluding carboxylic acids is 9. The molecule has 0 aliphatic carbocycles. The van der Waals surface area contributed by atoms with Crippen molar-refractivity contribution in [1.82, 2.24) is 31.0 Å². The Kier molecular flexibility index (Phi) is 30.9. The Labute approximate surface area is 564 Å². The maximum Gasteiger partial charge on any atom is 0.305 e. The SMILES string of the molecule is CC(C)(C)c1ccc(C(=O)NCCCC[C@H](CC(=O)CCCCCNC(=O)[C@H](CCC(=O)O)CC(=O)[C@H](Cc2c[nH]c3ccccc23)NC(=O)[C@@H](CC(=O)CNC(=O)[C@H](CCC(=O)O)CC(=O)[C@@H](CC(=O)O)NS(=O)(=O)c2ccc(Br)cc2)Cc2cccc(F)c2)C(N)=O)cc1. The van der Waals surface area contributed by atoms with Crippen LogP contribution >= 0.6 is 15.9 Å². The van der Waals surface area contributed by atoms with E-state index in [1.165, 1.54) is 36.4 Å². The summed E-state index contributed by atoms with van der Waals surface area (Å²) in [5, 5.41) is 40.2. The number of primary amides is 1. The smallest absolute Gasteiger partial charge is 0.305 e. The van der Waals surface area contributed by atoms with Gasteiger partial charge in [-0.15, -0.1) is 0 Å². The van der Waals surface area contributed by atoms with Crippen molar-refractivity contribution >= 4 is 107 Å². The van der Waals surface area contributed by atoms with Gasteiger partial charge in [0.05, 0.1) is 29.9 Å². The number of nitrogens with two attached hydrogens (primary N) is 1. The summed E-state index contributed by atoms with van der Waals surface area (Å²) in [6.07, 6.45) is -1.09. The summed E-state index contributed by atoms with van der Waals surface area (Å²) >= 11 is 3.18. The molecule has 11 N–H and O–H groups in total. The molecule has 27 heteroatoms. The third kappa shape index (κ3) is 26.8. The largest absolute Gasteiger partial charge is 0.481 e. The van der Waals surface area contributed by atoms with Gasteiger partial charge in [-0.1, -0.05) is 92.0 Å². The zero-order chi connectivity index (χ0) is 70.7. The normalized spacial score (nSPS) is 13.4. The fourth-order valence-corrected chi connectivity index (χ4v) is 12.3. The highest BCUT2D eigenvalue weighted by Crippen LogP contribution is 2.26. The Bertz CT molecular complexity index is 3690. The number of aliphatic carboxylic acids is 3. The monoisotopic (exact) mass is 1410 g/mol. The van der Waals surface area contributed by atoms with Crippen LogP contribution in [0, 0.1) is 29.5 Å². The number of hydrogen-bond acceptors (Lipinski definition) is 14. The van der Waals surface area contributed by atoms with E-state index >= 15 is 0 Å². The first-order valence-electron chi connectivity index (χ1n) is 31.7. The molecule has 96 heavy (non-hydrogen) atoms. The van der Waals surface area contributed by atoms with E-state index in [1.807, 2.05) is 16.9 Å². The molecule has 0 spiro atoms. The molecule has 0 bridgehead atoms. The number of sulfonamides is 1. The van der Waals surface area contributed by atoms with Gasteiger partial charge in [-0.2, -0.15) is 0 Å². The van der Waals surface area contributed by atoms with Gasteiger partial charge in [0.1, 0.15) is 11.6 Å². The minimum atomic E-state index is -4.51. The van der Waals surface area contributed by atoms with Crippen molar-refractivity contribution in [3.8, 4) is 0 Å².